The lowest BCUT2D eigenvalue weighted by Crippen LogP contribution is -2.46. The smallest absolute Gasteiger partial charge is 0.0410 e. The van der Waals surface area contributed by atoms with Crippen molar-refractivity contribution >= 4 is 11.6 Å². The molecule has 1 unspecified atom stereocenters. The zero-order valence-electron chi connectivity index (χ0n) is 10.6. The molecule has 0 saturated carbocycles. The zero-order valence-corrected chi connectivity index (χ0v) is 11.4. The van der Waals surface area contributed by atoms with Crippen LogP contribution in [0.4, 0.5) is 0 Å². The van der Waals surface area contributed by atoms with E-state index in [4.69, 9.17) is 17.3 Å². The molecule has 2 N–H and O–H groups in total. The number of nitrogens with zero attached hydrogens (tertiary/aromatic N) is 1. The second-order valence-electron chi connectivity index (χ2n) is 5.37. The van der Waals surface area contributed by atoms with Crippen LogP contribution in [0.1, 0.15) is 25.3 Å². The Morgan fingerprint density at radius 3 is 2.29 bits per heavy atom. The first kappa shape index (κ1) is 12.9. The van der Waals surface area contributed by atoms with E-state index in [0.29, 0.717) is 5.92 Å². The average molecular weight is 253 g/mol. The summed E-state index contributed by atoms with van der Waals surface area (Å²) >= 11 is 5.92. The maximum atomic E-state index is 6.55. The molecule has 0 aromatic heterocycles. The van der Waals surface area contributed by atoms with Gasteiger partial charge in [0.05, 0.1) is 0 Å². The third-order valence-electron chi connectivity index (χ3n) is 4.03. The number of hydrogen-bond donors (Lipinski definition) is 1. The molecule has 0 radical (unpaired) electrons. The molecular formula is C14H21ClN2. The number of rotatable bonds is 2. The third-order valence-corrected chi connectivity index (χ3v) is 4.28. The highest BCUT2D eigenvalue weighted by Gasteiger charge is 2.33. The van der Waals surface area contributed by atoms with E-state index in [0.717, 1.165) is 18.1 Å². The topological polar surface area (TPSA) is 29.3 Å². The highest BCUT2D eigenvalue weighted by atomic mass is 35.5. The second-order valence-corrected chi connectivity index (χ2v) is 5.80. The van der Waals surface area contributed by atoms with Gasteiger partial charge in [-0.1, -0.05) is 23.7 Å². The predicted molar refractivity (Wildman–Crippen MR) is 73.2 cm³/mol. The van der Waals surface area contributed by atoms with E-state index in [9.17, 15) is 0 Å². The molecular weight excluding hydrogens is 232 g/mol. The largest absolute Gasteiger partial charge is 0.321 e. The van der Waals surface area contributed by atoms with Crippen molar-refractivity contribution in [2.75, 3.05) is 20.1 Å². The van der Waals surface area contributed by atoms with E-state index in [-0.39, 0.29) is 5.54 Å². The summed E-state index contributed by atoms with van der Waals surface area (Å²) in [4.78, 5) is 2.37. The normalized spacial score (nSPS) is 22.4. The minimum atomic E-state index is -0.244. The summed E-state index contributed by atoms with van der Waals surface area (Å²) in [5.74, 6) is 0.555. The van der Waals surface area contributed by atoms with Gasteiger partial charge in [-0.05, 0) is 63.5 Å². The first-order chi connectivity index (χ1) is 8.00. The summed E-state index contributed by atoms with van der Waals surface area (Å²) in [5.41, 5.74) is 7.49. The molecule has 94 valence electrons. The number of halogens is 1. The Morgan fingerprint density at radius 1 is 1.24 bits per heavy atom. The fourth-order valence-corrected chi connectivity index (χ4v) is 2.78. The van der Waals surface area contributed by atoms with Crippen LogP contribution in [0.3, 0.4) is 0 Å². The number of hydrogen-bond acceptors (Lipinski definition) is 2. The van der Waals surface area contributed by atoms with Crippen LogP contribution in [-0.2, 0) is 5.54 Å². The van der Waals surface area contributed by atoms with Crippen molar-refractivity contribution in [3.8, 4) is 0 Å². The molecule has 1 fully saturated rings. The van der Waals surface area contributed by atoms with E-state index in [1.54, 1.807) is 0 Å². The van der Waals surface area contributed by atoms with Crippen molar-refractivity contribution in [2.24, 2.45) is 11.7 Å². The Kier molecular flexibility index (Phi) is 3.76. The molecule has 0 spiro atoms. The molecule has 2 nitrogen and oxygen atoms in total. The average Bonchev–Trinajstić information content (AvgIpc) is 2.30. The van der Waals surface area contributed by atoms with E-state index in [1.807, 2.05) is 12.1 Å². The Hall–Kier alpha value is -0.570. The van der Waals surface area contributed by atoms with Gasteiger partial charge in [-0.3, -0.25) is 0 Å². The zero-order chi connectivity index (χ0) is 12.5. The summed E-state index contributed by atoms with van der Waals surface area (Å²) in [5, 5.41) is 0.771. The molecule has 1 atom stereocenters. The highest BCUT2D eigenvalue weighted by Crippen LogP contribution is 2.34. The monoisotopic (exact) mass is 252 g/mol. The van der Waals surface area contributed by atoms with E-state index in [1.165, 1.54) is 18.4 Å². The fraction of sp³-hybridized carbons (Fsp3) is 0.571. The van der Waals surface area contributed by atoms with E-state index >= 15 is 0 Å². The lowest BCUT2D eigenvalue weighted by molar-refractivity contribution is 0.157. The van der Waals surface area contributed by atoms with Crippen LogP contribution in [0.25, 0.3) is 0 Å². The molecule has 1 heterocycles. The predicted octanol–water partition coefficient (Wildman–Crippen LogP) is 2.86. The Bertz CT molecular complexity index is 364. The van der Waals surface area contributed by atoms with Crippen molar-refractivity contribution in [3.63, 3.8) is 0 Å². The maximum Gasteiger partial charge on any atom is 0.0410 e. The first-order valence-electron chi connectivity index (χ1n) is 6.23. The minimum absolute atomic E-state index is 0.244. The molecule has 17 heavy (non-hydrogen) atoms. The van der Waals surface area contributed by atoms with E-state index < -0.39 is 0 Å². The van der Waals surface area contributed by atoms with Crippen LogP contribution in [0, 0.1) is 5.92 Å². The summed E-state index contributed by atoms with van der Waals surface area (Å²) in [6.45, 7) is 4.43. The fourth-order valence-electron chi connectivity index (χ4n) is 2.65. The molecule has 1 aliphatic heterocycles. The number of likely N-dealkylation sites (tertiary alicyclic amines) is 1. The second kappa shape index (κ2) is 4.97. The van der Waals surface area contributed by atoms with Gasteiger partial charge in [-0.15, -0.1) is 0 Å². The van der Waals surface area contributed by atoms with Crippen LogP contribution < -0.4 is 5.73 Å². The van der Waals surface area contributed by atoms with Gasteiger partial charge in [0.15, 0.2) is 0 Å². The molecule has 1 aliphatic rings. The standard InChI is InChI=1S/C14H21ClN2/c1-14(16,11-3-5-13(15)6-4-11)12-7-9-17(2)10-8-12/h3-6,12H,7-10,16H2,1-2H3. The van der Waals surface area contributed by atoms with Gasteiger partial charge in [0.2, 0.25) is 0 Å². The minimum Gasteiger partial charge on any atom is -0.321 e. The SMILES string of the molecule is CN1CCC(C(C)(N)c2ccc(Cl)cc2)CC1. The van der Waals surface area contributed by atoms with Gasteiger partial charge in [-0.25, -0.2) is 0 Å². The third kappa shape index (κ3) is 2.82. The molecule has 2 rings (SSSR count). The van der Waals surface area contributed by atoms with Crippen LogP contribution in [0.15, 0.2) is 24.3 Å². The number of piperidine rings is 1. The van der Waals surface area contributed by atoms with E-state index in [2.05, 4.69) is 31.0 Å². The summed E-state index contributed by atoms with van der Waals surface area (Å²) in [7, 11) is 2.17. The van der Waals surface area contributed by atoms with Gasteiger partial charge in [0.1, 0.15) is 0 Å². The molecule has 3 heteroatoms. The maximum absolute atomic E-state index is 6.55. The van der Waals surface area contributed by atoms with Crippen molar-refractivity contribution < 1.29 is 0 Å². The molecule has 0 aliphatic carbocycles. The van der Waals surface area contributed by atoms with Crippen molar-refractivity contribution in [1.82, 2.24) is 4.90 Å². The van der Waals surface area contributed by atoms with Crippen LogP contribution >= 0.6 is 11.6 Å². The lowest BCUT2D eigenvalue weighted by atomic mass is 9.75. The van der Waals surface area contributed by atoms with Gasteiger partial charge < -0.3 is 10.6 Å². The van der Waals surface area contributed by atoms with Crippen LogP contribution in [-0.4, -0.2) is 25.0 Å². The number of benzene rings is 1. The molecule has 0 bridgehead atoms. The van der Waals surface area contributed by atoms with Gasteiger partial charge in [-0.2, -0.15) is 0 Å². The molecule has 1 aromatic rings. The summed E-state index contributed by atoms with van der Waals surface area (Å²) in [6.07, 6.45) is 2.35. The Labute approximate surface area is 109 Å². The Balaban J connectivity index is 2.15. The molecule has 1 saturated heterocycles. The van der Waals surface area contributed by atoms with Gasteiger partial charge in [0, 0.05) is 10.6 Å². The van der Waals surface area contributed by atoms with Crippen molar-refractivity contribution in [1.29, 1.82) is 0 Å². The lowest BCUT2D eigenvalue weighted by Gasteiger charge is -2.39. The number of nitrogens with two attached hydrogens (primary N) is 1. The van der Waals surface area contributed by atoms with Gasteiger partial charge in [0.25, 0.3) is 0 Å². The van der Waals surface area contributed by atoms with Crippen LogP contribution in [0.5, 0.6) is 0 Å². The molecule has 0 amide bonds. The molecule has 1 aromatic carbocycles. The van der Waals surface area contributed by atoms with Crippen molar-refractivity contribution in [3.05, 3.63) is 34.9 Å². The Morgan fingerprint density at radius 2 is 1.76 bits per heavy atom. The highest BCUT2D eigenvalue weighted by molar-refractivity contribution is 6.30. The van der Waals surface area contributed by atoms with Crippen molar-refractivity contribution in [2.45, 2.75) is 25.3 Å². The van der Waals surface area contributed by atoms with Gasteiger partial charge >= 0.3 is 0 Å². The quantitative estimate of drug-likeness (QED) is 0.877. The summed E-state index contributed by atoms with van der Waals surface area (Å²) in [6, 6.07) is 7.97. The summed E-state index contributed by atoms with van der Waals surface area (Å²) < 4.78 is 0. The first-order valence-corrected chi connectivity index (χ1v) is 6.61. The van der Waals surface area contributed by atoms with Crippen LogP contribution in [0.2, 0.25) is 5.02 Å².